The summed E-state index contributed by atoms with van der Waals surface area (Å²) in [7, 11) is 0. The molecule has 0 amide bonds. The molecule has 0 spiro atoms. The quantitative estimate of drug-likeness (QED) is 0.0322. The summed E-state index contributed by atoms with van der Waals surface area (Å²) in [4.78, 5) is 68.4. The lowest BCUT2D eigenvalue weighted by Crippen LogP contribution is -2.63. The molecule has 1 saturated heterocycles. The van der Waals surface area contributed by atoms with Crippen molar-refractivity contribution in [3.05, 3.63) is 120 Å². The summed E-state index contributed by atoms with van der Waals surface area (Å²) in [5.41, 5.74) is 2.48. The van der Waals surface area contributed by atoms with Crippen LogP contribution in [0, 0.1) is 0 Å². The van der Waals surface area contributed by atoms with Crippen LogP contribution in [-0.4, -0.2) is 91.6 Å². The molecule has 1 aliphatic rings. The standard InChI is InChI=1S/C47H57NO12/c1-6-7-8-9-10-11-12-22-29-40(59-47-45(58-35(5)52)44(57-34(4)51)43(56-33(3)50)41(60-47)31-54-32(2)49)39(30-55-46(53)38-27-20-15-21-28-38)48-42(36-23-16-13-17-24-36)37-25-18-14-19-26-37/h13-29,39-41,43-45,47H,6-12,30-31H2,1-5H3/b29-22+/t39-,40-,41+,43+,44-,45+,47+/m0/s1. The van der Waals surface area contributed by atoms with Crippen LogP contribution in [0.5, 0.6) is 0 Å². The van der Waals surface area contributed by atoms with Crippen molar-refractivity contribution in [2.75, 3.05) is 13.2 Å². The van der Waals surface area contributed by atoms with Gasteiger partial charge >= 0.3 is 29.8 Å². The van der Waals surface area contributed by atoms with E-state index in [1.165, 1.54) is 13.3 Å². The lowest BCUT2D eigenvalue weighted by Gasteiger charge is -2.45. The fourth-order valence-corrected chi connectivity index (χ4v) is 6.69. The van der Waals surface area contributed by atoms with Crippen LogP contribution < -0.4 is 0 Å². The minimum atomic E-state index is -1.52. The average molecular weight is 828 g/mol. The molecule has 7 atom stereocenters. The summed E-state index contributed by atoms with van der Waals surface area (Å²) in [5.74, 6) is -3.54. The molecule has 0 aliphatic carbocycles. The van der Waals surface area contributed by atoms with E-state index in [0.717, 1.165) is 64.0 Å². The van der Waals surface area contributed by atoms with E-state index >= 15 is 0 Å². The number of carbonyl (C=O) groups excluding carboxylic acids is 5. The van der Waals surface area contributed by atoms with Crippen LogP contribution in [0.1, 0.15) is 101 Å². The van der Waals surface area contributed by atoms with E-state index < -0.39 is 79.3 Å². The molecule has 0 N–H and O–H groups in total. The van der Waals surface area contributed by atoms with Gasteiger partial charge in [-0.05, 0) is 25.0 Å². The van der Waals surface area contributed by atoms with E-state index in [1.54, 1.807) is 36.4 Å². The predicted octanol–water partition coefficient (Wildman–Crippen LogP) is 7.52. The van der Waals surface area contributed by atoms with Crippen LogP contribution in [0.15, 0.2) is 108 Å². The number of benzene rings is 3. The number of hydrogen-bond donors (Lipinski definition) is 0. The second kappa shape index (κ2) is 25.1. The van der Waals surface area contributed by atoms with Gasteiger partial charge in [0.15, 0.2) is 24.6 Å². The lowest BCUT2D eigenvalue weighted by atomic mass is 9.97. The topological polar surface area (TPSA) is 162 Å². The summed E-state index contributed by atoms with van der Waals surface area (Å²) in [5, 5.41) is 0. The normalized spacial score (nSPS) is 19.6. The van der Waals surface area contributed by atoms with Gasteiger partial charge in [-0.3, -0.25) is 24.2 Å². The molecule has 0 aromatic heterocycles. The number of rotatable bonds is 22. The van der Waals surface area contributed by atoms with Gasteiger partial charge in [-0.1, -0.05) is 130 Å². The molecule has 4 rings (SSSR count). The summed E-state index contributed by atoms with van der Waals surface area (Å²) in [6, 6.07) is 26.6. The number of esters is 5. The van der Waals surface area contributed by atoms with Gasteiger partial charge in [0.1, 0.15) is 31.5 Å². The van der Waals surface area contributed by atoms with Gasteiger partial charge in [0.05, 0.1) is 11.3 Å². The van der Waals surface area contributed by atoms with Crippen LogP contribution in [0.25, 0.3) is 0 Å². The molecule has 0 unspecified atom stereocenters. The smallest absolute Gasteiger partial charge is 0.338 e. The maximum atomic E-state index is 13.5. The first-order valence-electron chi connectivity index (χ1n) is 20.5. The molecule has 0 bridgehead atoms. The van der Waals surface area contributed by atoms with Crippen molar-refractivity contribution in [2.45, 2.75) is 122 Å². The molecule has 60 heavy (non-hydrogen) atoms. The Morgan fingerprint density at radius 3 is 1.70 bits per heavy atom. The fourth-order valence-electron chi connectivity index (χ4n) is 6.69. The fraction of sp³-hybridized carbons (Fsp3) is 0.447. The first kappa shape index (κ1) is 47.0. The average Bonchev–Trinajstić information content (AvgIpc) is 3.23. The molecular formula is C47H57NO12. The number of carbonyl (C=O) groups is 5. The second-order valence-corrected chi connectivity index (χ2v) is 14.4. The van der Waals surface area contributed by atoms with Crippen molar-refractivity contribution >= 4 is 35.6 Å². The third-order valence-electron chi connectivity index (χ3n) is 9.45. The van der Waals surface area contributed by atoms with Crippen molar-refractivity contribution in [3.63, 3.8) is 0 Å². The molecule has 3 aromatic carbocycles. The van der Waals surface area contributed by atoms with Gasteiger partial charge in [-0.15, -0.1) is 0 Å². The summed E-state index contributed by atoms with van der Waals surface area (Å²) < 4.78 is 41.4. The Hall–Kier alpha value is -5.66. The van der Waals surface area contributed by atoms with Crippen LogP contribution in [-0.2, 0) is 52.3 Å². The first-order chi connectivity index (χ1) is 29.0. The molecule has 0 saturated carbocycles. The van der Waals surface area contributed by atoms with E-state index in [4.69, 9.17) is 38.2 Å². The highest BCUT2D eigenvalue weighted by molar-refractivity contribution is 6.13. The monoisotopic (exact) mass is 827 g/mol. The highest BCUT2D eigenvalue weighted by atomic mass is 16.7. The molecule has 1 heterocycles. The van der Waals surface area contributed by atoms with Gasteiger partial charge in [0, 0.05) is 38.8 Å². The van der Waals surface area contributed by atoms with Crippen molar-refractivity contribution in [1.82, 2.24) is 0 Å². The zero-order valence-corrected chi connectivity index (χ0v) is 35.1. The zero-order chi connectivity index (χ0) is 43.3. The number of hydrogen-bond acceptors (Lipinski definition) is 13. The van der Waals surface area contributed by atoms with E-state index in [1.807, 2.05) is 66.7 Å². The SMILES string of the molecule is CCCCCCCC/C=C/[C@H](O[C@@H]1O[C@H](COC(C)=O)[C@@H](OC(C)=O)[C@H](OC(C)=O)[C@H]1OC(C)=O)[C@H](COC(=O)c1ccccc1)N=C(c1ccccc1)c1ccccc1. The molecule has 1 aliphatic heterocycles. The van der Waals surface area contributed by atoms with Crippen molar-refractivity contribution < 1.29 is 57.1 Å². The zero-order valence-electron chi connectivity index (χ0n) is 35.1. The molecule has 0 radical (unpaired) electrons. The van der Waals surface area contributed by atoms with E-state index in [9.17, 15) is 24.0 Å². The predicted molar refractivity (Wildman–Crippen MR) is 223 cm³/mol. The van der Waals surface area contributed by atoms with Crippen molar-refractivity contribution in [3.8, 4) is 0 Å². The number of nitrogens with zero attached hydrogens (tertiary/aromatic N) is 1. The number of allylic oxidation sites excluding steroid dienone is 1. The second-order valence-electron chi connectivity index (χ2n) is 14.4. The maximum Gasteiger partial charge on any atom is 0.338 e. The molecule has 3 aromatic rings. The Labute approximate surface area is 352 Å². The minimum absolute atomic E-state index is 0.270. The van der Waals surface area contributed by atoms with Crippen molar-refractivity contribution in [2.24, 2.45) is 4.99 Å². The molecule has 13 nitrogen and oxygen atoms in total. The maximum absolute atomic E-state index is 13.5. The molecule has 1 fully saturated rings. The van der Waals surface area contributed by atoms with Gasteiger partial charge in [0.2, 0.25) is 0 Å². The summed E-state index contributed by atoms with van der Waals surface area (Å²) >= 11 is 0. The Morgan fingerprint density at radius 2 is 1.15 bits per heavy atom. The Morgan fingerprint density at radius 1 is 0.633 bits per heavy atom. The van der Waals surface area contributed by atoms with Crippen LogP contribution in [0.3, 0.4) is 0 Å². The van der Waals surface area contributed by atoms with E-state index in [2.05, 4.69) is 6.92 Å². The third-order valence-corrected chi connectivity index (χ3v) is 9.45. The Bertz CT molecular complexity index is 1830. The van der Waals surface area contributed by atoms with E-state index in [-0.39, 0.29) is 6.61 Å². The van der Waals surface area contributed by atoms with Gasteiger partial charge in [-0.2, -0.15) is 0 Å². The highest BCUT2D eigenvalue weighted by Crippen LogP contribution is 2.32. The lowest BCUT2D eigenvalue weighted by molar-refractivity contribution is -0.314. The minimum Gasteiger partial charge on any atom is -0.463 e. The van der Waals surface area contributed by atoms with Crippen LogP contribution >= 0.6 is 0 Å². The summed E-state index contributed by atoms with van der Waals surface area (Å²) in [6.07, 6.45) is 2.83. The Kier molecular flexibility index (Phi) is 19.7. The van der Waals surface area contributed by atoms with E-state index in [0.29, 0.717) is 17.7 Å². The van der Waals surface area contributed by atoms with Crippen LogP contribution in [0.4, 0.5) is 0 Å². The van der Waals surface area contributed by atoms with Crippen LogP contribution in [0.2, 0.25) is 0 Å². The van der Waals surface area contributed by atoms with Gasteiger partial charge in [0.25, 0.3) is 0 Å². The largest absolute Gasteiger partial charge is 0.463 e. The third kappa shape index (κ3) is 15.5. The molecular weight excluding hydrogens is 771 g/mol. The number of unbranched alkanes of at least 4 members (excludes halogenated alkanes) is 6. The first-order valence-corrected chi connectivity index (χ1v) is 20.5. The molecule has 13 heteroatoms. The summed E-state index contributed by atoms with van der Waals surface area (Å²) in [6.45, 7) is 6.13. The Balaban J connectivity index is 1.86. The molecule has 322 valence electrons. The number of aliphatic imine (C=N–C) groups is 1. The number of ether oxygens (including phenoxy) is 7. The highest BCUT2D eigenvalue weighted by Gasteiger charge is 2.53. The van der Waals surface area contributed by atoms with Gasteiger partial charge in [-0.25, -0.2) is 4.79 Å². The van der Waals surface area contributed by atoms with Gasteiger partial charge < -0.3 is 33.2 Å². The van der Waals surface area contributed by atoms with Crippen molar-refractivity contribution in [1.29, 1.82) is 0 Å².